The summed E-state index contributed by atoms with van der Waals surface area (Å²) in [6.45, 7) is 6.82. The molecule has 0 unspecified atom stereocenters. The fourth-order valence-corrected chi connectivity index (χ4v) is 4.37. The molecular formula is C21H24N2O2S. The number of fused-ring (bicyclic) bond motifs is 1. The van der Waals surface area contributed by atoms with Crippen LogP contribution in [0.2, 0.25) is 0 Å². The van der Waals surface area contributed by atoms with Crippen LogP contribution >= 0.6 is 11.3 Å². The molecule has 0 aliphatic heterocycles. The van der Waals surface area contributed by atoms with Crippen LogP contribution in [-0.2, 0) is 23.1 Å². The van der Waals surface area contributed by atoms with Crippen LogP contribution in [0.15, 0.2) is 24.3 Å². The van der Waals surface area contributed by atoms with E-state index >= 15 is 0 Å². The number of rotatable bonds is 5. The molecule has 1 aromatic heterocycles. The van der Waals surface area contributed by atoms with Crippen LogP contribution in [0.5, 0.6) is 5.75 Å². The third kappa shape index (κ3) is 4.08. The number of benzene rings is 1. The lowest BCUT2D eigenvalue weighted by Crippen LogP contribution is -2.15. The van der Waals surface area contributed by atoms with E-state index in [1.165, 1.54) is 21.8 Å². The van der Waals surface area contributed by atoms with Crippen molar-refractivity contribution >= 4 is 22.2 Å². The number of carbonyl (C=O) groups excluding carboxylic acids is 1. The van der Waals surface area contributed by atoms with E-state index in [0.29, 0.717) is 17.2 Å². The van der Waals surface area contributed by atoms with Crippen LogP contribution in [-0.4, -0.2) is 12.5 Å². The monoisotopic (exact) mass is 368 g/mol. The Balaban J connectivity index is 1.52. The molecule has 26 heavy (non-hydrogen) atoms. The minimum atomic E-state index is -0.118. The highest BCUT2D eigenvalue weighted by molar-refractivity contribution is 7.16. The maximum Gasteiger partial charge on any atom is 0.228 e. The molecule has 0 saturated carbocycles. The largest absolute Gasteiger partial charge is 0.493 e. The molecule has 1 amide bonds. The van der Waals surface area contributed by atoms with Gasteiger partial charge in [0.1, 0.15) is 16.8 Å². The number of amides is 1. The van der Waals surface area contributed by atoms with Gasteiger partial charge in [0, 0.05) is 4.88 Å². The summed E-state index contributed by atoms with van der Waals surface area (Å²) >= 11 is 1.54. The Morgan fingerprint density at radius 1 is 1.27 bits per heavy atom. The SMILES string of the molecule is CC(C)(C)c1ccc(OCCC(=O)Nc2sc3c(c2C#N)CCC3)cc1. The Kier molecular flexibility index (Phi) is 5.33. The highest BCUT2D eigenvalue weighted by Crippen LogP contribution is 2.38. The molecule has 0 fully saturated rings. The number of nitrogens with one attached hydrogen (secondary N) is 1. The van der Waals surface area contributed by atoms with Crippen LogP contribution in [0.25, 0.3) is 0 Å². The Hall–Kier alpha value is -2.32. The smallest absolute Gasteiger partial charge is 0.228 e. The molecule has 1 heterocycles. The van der Waals surface area contributed by atoms with Gasteiger partial charge >= 0.3 is 0 Å². The van der Waals surface area contributed by atoms with Crippen molar-refractivity contribution in [2.75, 3.05) is 11.9 Å². The Morgan fingerprint density at radius 3 is 2.65 bits per heavy atom. The van der Waals surface area contributed by atoms with Gasteiger partial charge in [0.05, 0.1) is 18.6 Å². The van der Waals surface area contributed by atoms with Gasteiger partial charge in [-0.3, -0.25) is 4.79 Å². The van der Waals surface area contributed by atoms with Crippen LogP contribution < -0.4 is 10.1 Å². The van der Waals surface area contributed by atoms with Crippen molar-refractivity contribution in [3.8, 4) is 11.8 Å². The molecule has 136 valence electrons. The van der Waals surface area contributed by atoms with Gasteiger partial charge in [-0.15, -0.1) is 11.3 Å². The predicted molar refractivity (Wildman–Crippen MR) is 105 cm³/mol. The summed E-state index contributed by atoms with van der Waals surface area (Å²) in [6, 6.07) is 10.2. The van der Waals surface area contributed by atoms with Crippen molar-refractivity contribution in [2.24, 2.45) is 0 Å². The van der Waals surface area contributed by atoms with Gasteiger partial charge in [-0.25, -0.2) is 0 Å². The van der Waals surface area contributed by atoms with E-state index in [4.69, 9.17) is 4.74 Å². The van der Waals surface area contributed by atoms with Crippen molar-refractivity contribution in [3.63, 3.8) is 0 Å². The topological polar surface area (TPSA) is 62.1 Å². The first-order valence-corrected chi connectivity index (χ1v) is 9.78. The summed E-state index contributed by atoms with van der Waals surface area (Å²) in [6.07, 6.45) is 3.32. The Bertz CT molecular complexity index is 839. The van der Waals surface area contributed by atoms with E-state index in [9.17, 15) is 10.1 Å². The zero-order valence-corrected chi connectivity index (χ0v) is 16.3. The van der Waals surface area contributed by atoms with Crippen LogP contribution in [0, 0.1) is 11.3 Å². The molecule has 0 saturated heterocycles. The van der Waals surface area contributed by atoms with Crippen LogP contribution in [0.3, 0.4) is 0 Å². The van der Waals surface area contributed by atoms with Gasteiger partial charge in [-0.2, -0.15) is 5.26 Å². The van der Waals surface area contributed by atoms with E-state index in [1.54, 1.807) is 0 Å². The number of aryl methyl sites for hydroxylation is 1. The van der Waals surface area contributed by atoms with Gasteiger partial charge in [-0.05, 0) is 47.9 Å². The van der Waals surface area contributed by atoms with Gasteiger partial charge in [0.25, 0.3) is 0 Å². The van der Waals surface area contributed by atoms with E-state index in [-0.39, 0.29) is 17.7 Å². The summed E-state index contributed by atoms with van der Waals surface area (Å²) in [5.41, 5.74) is 3.13. The normalized spacial score (nSPS) is 13.2. The average molecular weight is 369 g/mol. The summed E-state index contributed by atoms with van der Waals surface area (Å²) in [5.74, 6) is 0.645. The Morgan fingerprint density at radius 2 is 2.00 bits per heavy atom. The van der Waals surface area contributed by atoms with Crippen molar-refractivity contribution in [2.45, 2.75) is 51.9 Å². The molecule has 0 bridgehead atoms. The van der Waals surface area contributed by atoms with Gasteiger partial charge in [-0.1, -0.05) is 32.9 Å². The predicted octanol–water partition coefficient (Wildman–Crippen LogP) is 4.81. The lowest BCUT2D eigenvalue weighted by molar-refractivity contribution is -0.116. The van der Waals surface area contributed by atoms with Crippen molar-refractivity contribution in [1.29, 1.82) is 5.26 Å². The standard InChI is InChI=1S/C21H24N2O2S/c1-21(2,3)14-7-9-15(10-8-14)25-12-11-19(24)23-20-17(13-22)16-5-4-6-18(16)26-20/h7-10H,4-6,11-12H2,1-3H3,(H,23,24). The number of carbonyl (C=O) groups is 1. The average Bonchev–Trinajstić information content (AvgIpc) is 3.15. The lowest BCUT2D eigenvalue weighted by Gasteiger charge is -2.19. The maximum atomic E-state index is 12.2. The summed E-state index contributed by atoms with van der Waals surface area (Å²) in [7, 11) is 0. The molecule has 2 aromatic rings. The fraction of sp³-hybridized carbons (Fsp3) is 0.429. The Labute approximate surface area is 158 Å². The molecule has 1 aliphatic rings. The highest BCUT2D eigenvalue weighted by atomic mass is 32.1. The van der Waals surface area contributed by atoms with E-state index in [2.05, 4.69) is 44.3 Å². The number of hydrogen-bond donors (Lipinski definition) is 1. The number of nitriles is 1. The molecule has 0 atom stereocenters. The molecule has 3 rings (SSSR count). The quantitative estimate of drug-likeness (QED) is 0.823. The second-order valence-corrected chi connectivity index (χ2v) is 8.70. The molecular weight excluding hydrogens is 344 g/mol. The summed E-state index contributed by atoms with van der Waals surface area (Å²) in [5, 5.41) is 12.9. The fourth-order valence-electron chi connectivity index (χ4n) is 3.11. The molecule has 1 aliphatic carbocycles. The molecule has 0 spiro atoms. The first kappa shape index (κ1) is 18.5. The molecule has 5 heteroatoms. The maximum absolute atomic E-state index is 12.2. The van der Waals surface area contributed by atoms with Crippen molar-refractivity contribution < 1.29 is 9.53 Å². The molecule has 1 aromatic carbocycles. The highest BCUT2D eigenvalue weighted by Gasteiger charge is 2.23. The number of thiophene rings is 1. The zero-order valence-electron chi connectivity index (χ0n) is 15.5. The molecule has 0 radical (unpaired) electrons. The third-order valence-electron chi connectivity index (χ3n) is 4.60. The van der Waals surface area contributed by atoms with Crippen molar-refractivity contribution in [1.82, 2.24) is 0 Å². The first-order chi connectivity index (χ1) is 12.4. The van der Waals surface area contributed by atoms with E-state index in [1.807, 2.05) is 12.1 Å². The summed E-state index contributed by atoms with van der Waals surface area (Å²) < 4.78 is 5.68. The second-order valence-electron chi connectivity index (χ2n) is 7.59. The minimum absolute atomic E-state index is 0.109. The van der Waals surface area contributed by atoms with Gasteiger partial charge in [0.15, 0.2) is 0 Å². The van der Waals surface area contributed by atoms with E-state index < -0.39 is 0 Å². The zero-order chi connectivity index (χ0) is 18.7. The number of hydrogen-bond acceptors (Lipinski definition) is 4. The van der Waals surface area contributed by atoms with Gasteiger partial charge < -0.3 is 10.1 Å². The minimum Gasteiger partial charge on any atom is -0.493 e. The molecule has 4 nitrogen and oxygen atoms in total. The number of anilines is 1. The van der Waals surface area contributed by atoms with Crippen molar-refractivity contribution in [3.05, 3.63) is 45.8 Å². The third-order valence-corrected chi connectivity index (χ3v) is 5.81. The number of nitrogens with zero attached hydrogens (tertiary/aromatic N) is 1. The molecule has 1 N–H and O–H groups in total. The second kappa shape index (κ2) is 7.51. The first-order valence-electron chi connectivity index (χ1n) is 8.96. The van der Waals surface area contributed by atoms with E-state index in [0.717, 1.165) is 30.6 Å². The van der Waals surface area contributed by atoms with Gasteiger partial charge in [0.2, 0.25) is 5.91 Å². The van der Waals surface area contributed by atoms with Crippen LogP contribution in [0.4, 0.5) is 5.00 Å². The van der Waals surface area contributed by atoms with Crippen LogP contribution in [0.1, 0.15) is 55.2 Å². The summed E-state index contributed by atoms with van der Waals surface area (Å²) in [4.78, 5) is 13.4. The lowest BCUT2D eigenvalue weighted by atomic mass is 9.87. The number of ether oxygens (including phenoxy) is 1.